The molecular formula is C12H17BrO. The monoisotopic (exact) mass is 256 g/mol. The Morgan fingerprint density at radius 2 is 1.86 bits per heavy atom. The van der Waals surface area contributed by atoms with Gasteiger partial charge in [0.15, 0.2) is 0 Å². The lowest BCUT2D eigenvalue weighted by atomic mass is 10.0. The highest BCUT2D eigenvalue weighted by atomic mass is 79.9. The topological polar surface area (TPSA) is 20.2 Å². The zero-order valence-corrected chi connectivity index (χ0v) is 10.4. The molecule has 1 aliphatic carbocycles. The van der Waals surface area contributed by atoms with Crippen LogP contribution in [-0.2, 0) is 19.4 Å². The van der Waals surface area contributed by atoms with Crippen molar-refractivity contribution in [3.8, 4) is 0 Å². The third-order valence-corrected chi connectivity index (χ3v) is 3.24. The van der Waals surface area contributed by atoms with E-state index in [1.807, 2.05) is 26.0 Å². The van der Waals surface area contributed by atoms with E-state index in [1.165, 1.54) is 22.0 Å². The van der Waals surface area contributed by atoms with Crippen LogP contribution in [0.4, 0.5) is 0 Å². The van der Waals surface area contributed by atoms with Crippen LogP contribution in [0.2, 0.25) is 0 Å². The first-order valence-electron chi connectivity index (χ1n) is 5.23. The fraction of sp³-hybridized carbons (Fsp3) is 0.500. The molecule has 0 atom stereocenters. The molecule has 1 aromatic carbocycles. The van der Waals surface area contributed by atoms with Crippen LogP contribution in [0, 0.1) is 0 Å². The molecule has 1 nitrogen and oxygen atoms in total. The van der Waals surface area contributed by atoms with Gasteiger partial charge in [-0.05, 0) is 42.0 Å². The maximum atomic E-state index is 9.08. The molecule has 14 heavy (non-hydrogen) atoms. The first-order valence-corrected chi connectivity index (χ1v) is 6.02. The third kappa shape index (κ3) is 2.18. The van der Waals surface area contributed by atoms with Crippen LogP contribution in [0.1, 0.15) is 37.0 Å². The average molecular weight is 257 g/mol. The molecule has 1 aliphatic rings. The minimum Gasteiger partial charge on any atom is -0.392 e. The Morgan fingerprint density at radius 3 is 2.50 bits per heavy atom. The van der Waals surface area contributed by atoms with Crippen LogP contribution < -0.4 is 0 Å². The molecule has 0 radical (unpaired) electrons. The number of rotatable bonds is 1. The van der Waals surface area contributed by atoms with Crippen molar-refractivity contribution in [1.82, 2.24) is 0 Å². The van der Waals surface area contributed by atoms with E-state index in [0.717, 1.165) is 18.4 Å². The van der Waals surface area contributed by atoms with E-state index in [4.69, 9.17) is 5.11 Å². The summed E-state index contributed by atoms with van der Waals surface area (Å²) in [6, 6.07) is 4.05. The number of fused-ring (bicyclic) bond motifs is 1. The predicted octanol–water partition coefficient (Wildman–Crippen LogP) is 3.46. The lowest BCUT2D eigenvalue weighted by molar-refractivity contribution is 0.280. The molecule has 0 aliphatic heterocycles. The quantitative estimate of drug-likeness (QED) is 0.816. The van der Waals surface area contributed by atoms with Crippen LogP contribution in [0.5, 0.6) is 0 Å². The fourth-order valence-electron chi connectivity index (χ4n) is 1.88. The van der Waals surface area contributed by atoms with E-state index < -0.39 is 0 Å². The summed E-state index contributed by atoms with van der Waals surface area (Å²) in [5, 5.41) is 9.08. The number of hydrogen-bond acceptors (Lipinski definition) is 1. The fourth-order valence-corrected chi connectivity index (χ4v) is 2.45. The van der Waals surface area contributed by atoms with Crippen molar-refractivity contribution in [3.63, 3.8) is 0 Å². The van der Waals surface area contributed by atoms with Crippen molar-refractivity contribution in [2.24, 2.45) is 0 Å². The number of aliphatic hydroxyl groups excluding tert-OH is 1. The molecule has 0 saturated heterocycles. The molecule has 0 spiro atoms. The van der Waals surface area contributed by atoms with Crippen LogP contribution >= 0.6 is 15.9 Å². The lowest BCUT2D eigenvalue weighted by Crippen LogP contribution is -1.93. The van der Waals surface area contributed by atoms with Gasteiger partial charge in [0.25, 0.3) is 0 Å². The van der Waals surface area contributed by atoms with E-state index in [1.54, 1.807) is 0 Å². The highest BCUT2D eigenvalue weighted by Crippen LogP contribution is 2.31. The number of halogens is 1. The van der Waals surface area contributed by atoms with Crippen molar-refractivity contribution in [2.75, 3.05) is 0 Å². The summed E-state index contributed by atoms with van der Waals surface area (Å²) in [6.07, 6.45) is 3.51. The van der Waals surface area contributed by atoms with Gasteiger partial charge in [0, 0.05) is 4.47 Å². The zero-order valence-electron chi connectivity index (χ0n) is 8.81. The Hall–Kier alpha value is -0.340. The average Bonchev–Trinajstić information content (AvgIpc) is 2.71. The van der Waals surface area contributed by atoms with Gasteiger partial charge in [0.05, 0.1) is 6.61 Å². The molecule has 2 rings (SSSR count). The predicted molar refractivity (Wildman–Crippen MR) is 63.4 cm³/mol. The van der Waals surface area contributed by atoms with Gasteiger partial charge in [0.2, 0.25) is 0 Å². The van der Waals surface area contributed by atoms with Gasteiger partial charge in [-0.15, -0.1) is 0 Å². The highest BCUT2D eigenvalue weighted by molar-refractivity contribution is 9.10. The highest BCUT2D eigenvalue weighted by Gasteiger charge is 2.16. The second-order valence-electron chi connectivity index (χ2n) is 3.18. The molecule has 0 amide bonds. The summed E-state index contributed by atoms with van der Waals surface area (Å²) >= 11 is 3.53. The maximum Gasteiger partial charge on any atom is 0.0684 e. The maximum absolute atomic E-state index is 9.08. The summed E-state index contributed by atoms with van der Waals surface area (Å²) in [5.41, 5.74) is 3.87. The summed E-state index contributed by atoms with van der Waals surface area (Å²) in [5.74, 6) is 0. The molecule has 0 unspecified atom stereocenters. The first kappa shape index (κ1) is 11.7. The Bertz CT molecular complexity index is 307. The molecule has 0 bridgehead atoms. The molecular weight excluding hydrogens is 240 g/mol. The Kier molecular flexibility index (Phi) is 4.63. The third-order valence-electron chi connectivity index (χ3n) is 2.49. The van der Waals surface area contributed by atoms with Gasteiger partial charge in [-0.25, -0.2) is 0 Å². The van der Waals surface area contributed by atoms with Gasteiger partial charge in [0.1, 0.15) is 0 Å². The zero-order chi connectivity index (χ0) is 10.6. The van der Waals surface area contributed by atoms with Crippen molar-refractivity contribution in [2.45, 2.75) is 39.7 Å². The van der Waals surface area contributed by atoms with Crippen LogP contribution in [-0.4, -0.2) is 5.11 Å². The van der Waals surface area contributed by atoms with Gasteiger partial charge < -0.3 is 5.11 Å². The minimum atomic E-state index is 0.176. The summed E-state index contributed by atoms with van der Waals surface area (Å²) in [7, 11) is 0. The van der Waals surface area contributed by atoms with Crippen molar-refractivity contribution >= 4 is 15.9 Å². The van der Waals surface area contributed by atoms with E-state index in [2.05, 4.69) is 15.9 Å². The van der Waals surface area contributed by atoms with Gasteiger partial charge in [-0.3, -0.25) is 0 Å². The van der Waals surface area contributed by atoms with E-state index in [0.29, 0.717) is 0 Å². The first-order chi connectivity index (χ1) is 6.83. The number of hydrogen-bond donors (Lipinski definition) is 1. The summed E-state index contributed by atoms with van der Waals surface area (Å²) in [6.45, 7) is 4.18. The minimum absolute atomic E-state index is 0.176. The van der Waals surface area contributed by atoms with Crippen molar-refractivity contribution < 1.29 is 5.11 Å². The summed E-state index contributed by atoms with van der Waals surface area (Å²) in [4.78, 5) is 0. The Balaban J connectivity index is 0.000000461. The number of benzene rings is 1. The van der Waals surface area contributed by atoms with Crippen molar-refractivity contribution in [1.29, 1.82) is 0 Å². The van der Waals surface area contributed by atoms with E-state index in [9.17, 15) is 0 Å². The van der Waals surface area contributed by atoms with E-state index >= 15 is 0 Å². The molecule has 78 valence electrons. The lowest BCUT2D eigenvalue weighted by Gasteiger charge is -2.06. The molecule has 1 N–H and O–H groups in total. The van der Waals surface area contributed by atoms with E-state index in [-0.39, 0.29) is 6.61 Å². The van der Waals surface area contributed by atoms with Gasteiger partial charge in [-0.2, -0.15) is 0 Å². The Morgan fingerprint density at radius 1 is 1.21 bits per heavy atom. The standard InChI is InChI=1S/C10H11BrO.C2H6/c11-10-5-4-7(6-12)8-2-1-3-9(8)10;1-2/h4-5,12H,1-3,6H2;1-2H3. The van der Waals surface area contributed by atoms with Gasteiger partial charge in [-0.1, -0.05) is 35.8 Å². The SMILES string of the molecule is CC.OCc1ccc(Br)c2c1CCC2. The van der Waals surface area contributed by atoms with Gasteiger partial charge >= 0.3 is 0 Å². The normalized spacial score (nSPS) is 13.1. The molecule has 1 aromatic rings. The second-order valence-corrected chi connectivity index (χ2v) is 4.03. The Labute approximate surface area is 94.3 Å². The molecule has 2 heteroatoms. The van der Waals surface area contributed by atoms with Crippen LogP contribution in [0.25, 0.3) is 0 Å². The molecule has 0 heterocycles. The molecule has 0 aromatic heterocycles. The van der Waals surface area contributed by atoms with Crippen LogP contribution in [0.15, 0.2) is 16.6 Å². The van der Waals surface area contributed by atoms with Crippen molar-refractivity contribution in [3.05, 3.63) is 33.3 Å². The van der Waals surface area contributed by atoms with Crippen LogP contribution in [0.3, 0.4) is 0 Å². The largest absolute Gasteiger partial charge is 0.392 e. The smallest absolute Gasteiger partial charge is 0.0684 e. The molecule has 0 saturated carbocycles. The second kappa shape index (κ2) is 5.52. The number of aliphatic hydroxyl groups is 1. The summed E-state index contributed by atoms with van der Waals surface area (Å²) < 4.78 is 1.20. The molecule has 0 fully saturated rings.